The molecule has 4 nitrogen and oxygen atoms in total. The van der Waals surface area contributed by atoms with Gasteiger partial charge in [-0.15, -0.1) is 6.58 Å². The number of hydrogen-bond acceptors (Lipinski definition) is 4. The van der Waals surface area contributed by atoms with Crippen LogP contribution in [0, 0.1) is 11.3 Å². The average molecular weight is 431 g/mol. The smallest absolute Gasteiger partial charge is 0.241 e. The molecular weight excluding hydrogens is 392 g/mol. The molecule has 5 heteroatoms. The second kappa shape index (κ2) is 10.3. The standard InChI is InChI=1S/C25H38O4Si/c1-6-25(2)21(19-28-24-14-10-11-17-26-24)22(29-30(3,4)5)15-16-23(25)27-18-20-12-8-7-9-13-20/h6-9,12-13,15,21,23-24H,1,10-11,14,16-19H2,2-5H3/t21-,23+,24?,25+/m1/s1. The molecule has 1 aromatic carbocycles. The third-order valence-electron chi connectivity index (χ3n) is 6.07. The van der Waals surface area contributed by atoms with Gasteiger partial charge in [0.05, 0.1) is 25.1 Å². The molecule has 166 valence electrons. The topological polar surface area (TPSA) is 36.9 Å². The quantitative estimate of drug-likeness (QED) is 0.352. The Hall–Kier alpha value is -1.40. The summed E-state index contributed by atoms with van der Waals surface area (Å²) in [5.41, 5.74) is 0.896. The van der Waals surface area contributed by atoms with Gasteiger partial charge in [0.25, 0.3) is 0 Å². The van der Waals surface area contributed by atoms with E-state index in [1.807, 2.05) is 24.3 Å². The van der Waals surface area contributed by atoms with Crippen LogP contribution in [0.1, 0.15) is 38.2 Å². The molecule has 2 aliphatic rings. The maximum absolute atomic E-state index is 6.52. The van der Waals surface area contributed by atoms with E-state index in [-0.39, 0.29) is 23.7 Å². The zero-order valence-corrected chi connectivity index (χ0v) is 20.1. The van der Waals surface area contributed by atoms with Crippen molar-refractivity contribution in [2.45, 2.75) is 71.2 Å². The number of rotatable bonds is 9. The summed E-state index contributed by atoms with van der Waals surface area (Å²) in [7, 11) is -1.75. The van der Waals surface area contributed by atoms with Crippen LogP contribution in [0.3, 0.4) is 0 Å². The SMILES string of the molecule is C=C[C@]1(C)[C@@H](OCc2ccccc2)CC=C(O[Si](C)(C)C)[C@H]1COC1CCCCO1. The van der Waals surface area contributed by atoms with Crippen LogP contribution < -0.4 is 0 Å². The minimum Gasteiger partial charge on any atom is -0.547 e. The van der Waals surface area contributed by atoms with Crippen molar-refractivity contribution in [1.82, 2.24) is 0 Å². The molecule has 1 saturated heterocycles. The van der Waals surface area contributed by atoms with Gasteiger partial charge >= 0.3 is 0 Å². The molecule has 1 aromatic rings. The molecule has 0 bridgehead atoms. The van der Waals surface area contributed by atoms with E-state index in [1.165, 1.54) is 5.56 Å². The van der Waals surface area contributed by atoms with Crippen LogP contribution in [0.25, 0.3) is 0 Å². The molecule has 1 aliphatic carbocycles. The first-order valence-electron chi connectivity index (χ1n) is 11.2. The van der Waals surface area contributed by atoms with Crippen LogP contribution in [0.15, 0.2) is 54.8 Å². The Kier molecular flexibility index (Phi) is 7.96. The Morgan fingerprint density at radius 3 is 2.57 bits per heavy atom. The molecule has 0 amide bonds. The van der Waals surface area contributed by atoms with Crippen molar-refractivity contribution < 1.29 is 18.6 Å². The van der Waals surface area contributed by atoms with Crippen LogP contribution in [0.5, 0.6) is 0 Å². The lowest BCUT2D eigenvalue weighted by Gasteiger charge is -2.46. The monoisotopic (exact) mass is 430 g/mol. The van der Waals surface area contributed by atoms with Crippen LogP contribution in [-0.2, 0) is 25.2 Å². The van der Waals surface area contributed by atoms with Gasteiger partial charge in [0.2, 0.25) is 8.32 Å². The normalized spacial score (nSPS) is 29.9. The predicted molar refractivity (Wildman–Crippen MR) is 123 cm³/mol. The summed E-state index contributed by atoms with van der Waals surface area (Å²) in [5.74, 6) is 1.09. The Bertz CT molecular complexity index is 706. The van der Waals surface area contributed by atoms with Crippen LogP contribution in [-0.4, -0.2) is 33.9 Å². The van der Waals surface area contributed by atoms with Gasteiger partial charge in [0.15, 0.2) is 6.29 Å². The number of ether oxygens (including phenoxy) is 3. The summed E-state index contributed by atoms with van der Waals surface area (Å²) in [6.07, 6.45) is 8.20. The van der Waals surface area contributed by atoms with Crippen molar-refractivity contribution in [3.63, 3.8) is 0 Å². The fraction of sp³-hybridized carbons (Fsp3) is 0.600. The number of benzene rings is 1. The third kappa shape index (κ3) is 6.07. The summed E-state index contributed by atoms with van der Waals surface area (Å²) in [5, 5.41) is 0. The van der Waals surface area contributed by atoms with Gasteiger partial charge in [-0.25, -0.2) is 0 Å². The molecule has 0 N–H and O–H groups in total. The van der Waals surface area contributed by atoms with E-state index in [9.17, 15) is 0 Å². The highest BCUT2D eigenvalue weighted by atomic mass is 28.4. The second-order valence-corrected chi connectivity index (χ2v) is 14.0. The molecule has 0 spiro atoms. The van der Waals surface area contributed by atoms with Crippen molar-refractivity contribution in [2.24, 2.45) is 11.3 Å². The fourth-order valence-corrected chi connectivity index (χ4v) is 5.15. The van der Waals surface area contributed by atoms with Gasteiger partial charge in [-0.1, -0.05) is 43.3 Å². The Morgan fingerprint density at radius 1 is 1.17 bits per heavy atom. The highest BCUT2D eigenvalue weighted by molar-refractivity contribution is 6.70. The molecule has 1 aliphatic heterocycles. The second-order valence-electron chi connectivity index (χ2n) is 9.59. The minimum absolute atomic E-state index is 0.0186. The van der Waals surface area contributed by atoms with E-state index in [2.05, 4.69) is 51.4 Å². The van der Waals surface area contributed by atoms with Gasteiger partial charge in [-0.2, -0.15) is 0 Å². The zero-order valence-electron chi connectivity index (χ0n) is 19.1. The van der Waals surface area contributed by atoms with E-state index in [1.54, 1.807) is 0 Å². The van der Waals surface area contributed by atoms with Crippen molar-refractivity contribution in [3.05, 3.63) is 60.4 Å². The Labute approximate surface area is 183 Å². The van der Waals surface area contributed by atoms with Crippen molar-refractivity contribution in [2.75, 3.05) is 13.2 Å². The lowest BCUT2D eigenvalue weighted by Crippen LogP contribution is -2.47. The Balaban J connectivity index is 1.77. The molecule has 30 heavy (non-hydrogen) atoms. The predicted octanol–water partition coefficient (Wildman–Crippen LogP) is 6.06. The molecule has 0 radical (unpaired) electrons. The molecule has 1 fully saturated rings. The van der Waals surface area contributed by atoms with Gasteiger partial charge in [0, 0.05) is 17.9 Å². The molecular formula is C25H38O4Si. The summed E-state index contributed by atoms with van der Waals surface area (Å²) < 4.78 is 25.0. The summed E-state index contributed by atoms with van der Waals surface area (Å²) >= 11 is 0. The first kappa shape index (κ1) is 23.3. The van der Waals surface area contributed by atoms with E-state index >= 15 is 0 Å². The van der Waals surface area contributed by atoms with Crippen LogP contribution in [0.2, 0.25) is 19.6 Å². The maximum atomic E-state index is 6.52. The summed E-state index contributed by atoms with van der Waals surface area (Å²) in [6.45, 7) is 15.0. The molecule has 1 unspecified atom stereocenters. The third-order valence-corrected chi connectivity index (χ3v) is 6.91. The zero-order chi connectivity index (χ0) is 21.6. The fourth-order valence-electron chi connectivity index (χ4n) is 4.22. The van der Waals surface area contributed by atoms with Gasteiger partial charge in [-0.05, 0) is 57.0 Å². The summed E-state index contributed by atoms with van der Waals surface area (Å²) in [4.78, 5) is 0. The summed E-state index contributed by atoms with van der Waals surface area (Å²) in [6, 6.07) is 10.3. The van der Waals surface area contributed by atoms with E-state index in [0.29, 0.717) is 13.2 Å². The largest absolute Gasteiger partial charge is 0.547 e. The van der Waals surface area contributed by atoms with Crippen LogP contribution >= 0.6 is 0 Å². The average Bonchev–Trinajstić information content (AvgIpc) is 2.73. The van der Waals surface area contributed by atoms with Gasteiger partial charge in [-0.3, -0.25) is 0 Å². The number of hydrogen-bond donors (Lipinski definition) is 0. The highest BCUT2D eigenvalue weighted by Crippen LogP contribution is 2.46. The van der Waals surface area contributed by atoms with Crippen molar-refractivity contribution >= 4 is 8.32 Å². The van der Waals surface area contributed by atoms with E-state index < -0.39 is 8.32 Å². The van der Waals surface area contributed by atoms with Crippen molar-refractivity contribution in [3.8, 4) is 0 Å². The Morgan fingerprint density at radius 2 is 1.93 bits per heavy atom. The highest BCUT2D eigenvalue weighted by Gasteiger charge is 2.46. The molecule has 1 heterocycles. The first-order valence-corrected chi connectivity index (χ1v) is 14.6. The molecule has 0 aromatic heterocycles. The molecule has 3 rings (SSSR count). The molecule has 0 saturated carbocycles. The van der Waals surface area contributed by atoms with Crippen molar-refractivity contribution in [1.29, 1.82) is 0 Å². The first-order chi connectivity index (χ1) is 14.3. The lowest BCUT2D eigenvalue weighted by molar-refractivity contribution is -0.178. The van der Waals surface area contributed by atoms with Gasteiger partial charge in [0.1, 0.15) is 0 Å². The van der Waals surface area contributed by atoms with Crippen LogP contribution in [0.4, 0.5) is 0 Å². The minimum atomic E-state index is -1.75. The lowest BCUT2D eigenvalue weighted by atomic mass is 9.68. The van der Waals surface area contributed by atoms with E-state index in [0.717, 1.165) is 38.0 Å². The van der Waals surface area contributed by atoms with E-state index in [4.69, 9.17) is 18.6 Å². The van der Waals surface area contributed by atoms with Gasteiger partial charge < -0.3 is 18.6 Å². The maximum Gasteiger partial charge on any atom is 0.241 e. The molecule has 4 atom stereocenters.